The van der Waals surface area contributed by atoms with Crippen molar-refractivity contribution in [2.45, 2.75) is 51.9 Å². The molecule has 1 N–H and O–H groups in total. The first-order chi connectivity index (χ1) is 12.2. The number of aryl methyl sites for hydroxylation is 3. The van der Waals surface area contributed by atoms with E-state index in [1.165, 1.54) is 17.7 Å². The van der Waals surface area contributed by atoms with Gasteiger partial charge in [-0.15, -0.1) is 0 Å². The molecule has 2 aromatic carbocycles. The van der Waals surface area contributed by atoms with E-state index < -0.39 is 15.8 Å². The molecule has 3 rings (SSSR count). The fourth-order valence-corrected chi connectivity index (χ4v) is 5.44. The Kier molecular flexibility index (Phi) is 4.93. The van der Waals surface area contributed by atoms with Crippen molar-refractivity contribution in [3.8, 4) is 0 Å². The van der Waals surface area contributed by atoms with E-state index >= 15 is 0 Å². The van der Waals surface area contributed by atoms with Gasteiger partial charge in [0.15, 0.2) is 0 Å². The second-order valence-corrected chi connectivity index (χ2v) is 8.75. The molecule has 0 aliphatic heterocycles. The normalized spacial score (nSPS) is 14.8. The monoisotopic (exact) mass is 373 g/mol. The van der Waals surface area contributed by atoms with E-state index in [0.29, 0.717) is 16.8 Å². The van der Waals surface area contributed by atoms with Gasteiger partial charge in [-0.1, -0.05) is 23.3 Å². The lowest BCUT2D eigenvalue weighted by Gasteiger charge is -2.17. The Morgan fingerprint density at radius 1 is 0.962 bits per heavy atom. The van der Waals surface area contributed by atoms with Crippen LogP contribution < -0.4 is 4.72 Å². The van der Waals surface area contributed by atoms with Gasteiger partial charge >= 0.3 is 0 Å². The zero-order valence-electron chi connectivity index (χ0n) is 15.6. The van der Waals surface area contributed by atoms with Crippen molar-refractivity contribution in [2.24, 2.45) is 0 Å². The molecule has 3 nitrogen and oxygen atoms in total. The van der Waals surface area contributed by atoms with E-state index in [0.717, 1.165) is 36.0 Å². The topological polar surface area (TPSA) is 46.2 Å². The molecule has 0 spiro atoms. The summed E-state index contributed by atoms with van der Waals surface area (Å²) in [6, 6.07) is 8.01. The van der Waals surface area contributed by atoms with E-state index in [9.17, 15) is 12.8 Å². The van der Waals surface area contributed by atoms with Crippen LogP contribution in [0.25, 0.3) is 5.57 Å². The van der Waals surface area contributed by atoms with Gasteiger partial charge in [0.05, 0.1) is 10.6 Å². The average molecular weight is 373 g/mol. The number of halogens is 1. The predicted octanol–water partition coefficient (Wildman–Crippen LogP) is 5.51. The molecule has 0 saturated heterocycles. The molecule has 0 unspecified atom stereocenters. The number of benzene rings is 2. The summed E-state index contributed by atoms with van der Waals surface area (Å²) in [4.78, 5) is 0.260. The van der Waals surface area contributed by atoms with E-state index in [1.54, 1.807) is 19.9 Å². The van der Waals surface area contributed by atoms with Gasteiger partial charge in [0.25, 0.3) is 10.0 Å². The highest BCUT2D eigenvalue weighted by Gasteiger charge is 2.23. The van der Waals surface area contributed by atoms with Gasteiger partial charge in [-0.2, -0.15) is 0 Å². The van der Waals surface area contributed by atoms with Gasteiger partial charge in [0.1, 0.15) is 5.82 Å². The predicted molar refractivity (Wildman–Crippen MR) is 104 cm³/mol. The van der Waals surface area contributed by atoms with Crippen LogP contribution in [0.5, 0.6) is 0 Å². The van der Waals surface area contributed by atoms with E-state index in [1.807, 2.05) is 19.1 Å². The zero-order valence-corrected chi connectivity index (χ0v) is 16.4. The summed E-state index contributed by atoms with van der Waals surface area (Å²) in [6.45, 7) is 7.55. The largest absolute Gasteiger partial charge is 0.279 e. The Bertz CT molecular complexity index is 984. The van der Waals surface area contributed by atoms with Crippen molar-refractivity contribution in [1.82, 2.24) is 0 Å². The fourth-order valence-electron chi connectivity index (χ4n) is 3.91. The molecule has 0 saturated carbocycles. The van der Waals surface area contributed by atoms with Gasteiger partial charge in [0, 0.05) is 5.56 Å². The Balaban J connectivity index is 2.09. The number of rotatable bonds is 4. The maximum Gasteiger partial charge on any atom is 0.262 e. The molecule has 1 aliphatic rings. The van der Waals surface area contributed by atoms with Crippen LogP contribution in [0.3, 0.4) is 0 Å². The molecular formula is C21H24FNO2S. The Morgan fingerprint density at radius 2 is 1.62 bits per heavy atom. The van der Waals surface area contributed by atoms with Gasteiger partial charge in [0.2, 0.25) is 0 Å². The third kappa shape index (κ3) is 3.54. The first-order valence-electron chi connectivity index (χ1n) is 8.78. The first-order valence-corrected chi connectivity index (χ1v) is 10.3. The van der Waals surface area contributed by atoms with Crippen LogP contribution in [0.1, 0.15) is 48.4 Å². The van der Waals surface area contributed by atoms with E-state index in [4.69, 9.17) is 0 Å². The molecule has 0 bridgehead atoms. The molecule has 0 atom stereocenters. The zero-order chi connectivity index (χ0) is 19.1. The van der Waals surface area contributed by atoms with Crippen molar-refractivity contribution in [1.29, 1.82) is 0 Å². The van der Waals surface area contributed by atoms with Crippen LogP contribution in [0.15, 0.2) is 40.8 Å². The van der Waals surface area contributed by atoms with Crippen LogP contribution in [-0.2, 0) is 10.0 Å². The van der Waals surface area contributed by atoms with Crippen LogP contribution in [0.4, 0.5) is 10.1 Å². The molecule has 5 heteroatoms. The number of allylic oxidation sites excluding steroid dienone is 2. The van der Waals surface area contributed by atoms with Crippen molar-refractivity contribution in [2.75, 3.05) is 4.72 Å². The van der Waals surface area contributed by atoms with Crippen molar-refractivity contribution < 1.29 is 12.8 Å². The molecule has 0 aromatic heterocycles. The Morgan fingerprint density at radius 3 is 2.19 bits per heavy atom. The minimum Gasteiger partial charge on any atom is -0.279 e. The molecule has 138 valence electrons. The van der Waals surface area contributed by atoms with Crippen LogP contribution in [-0.4, -0.2) is 8.42 Å². The quantitative estimate of drug-likeness (QED) is 0.768. The van der Waals surface area contributed by atoms with Crippen LogP contribution in [0, 0.1) is 26.6 Å². The molecule has 0 amide bonds. The van der Waals surface area contributed by atoms with Crippen molar-refractivity contribution in [3.05, 3.63) is 64.0 Å². The van der Waals surface area contributed by atoms with Crippen molar-refractivity contribution in [3.63, 3.8) is 0 Å². The highest BCUT2D eigenvalue weighted by atomic mass is 32.2. The fraction of sp³-hybridized carbons (Fsp3) is 0.333. The van der Waals surface area contributed by atoms with Crippen molar-refractivity contribution >= 4 is 21.3 Å². The van der Waals surface area contributed by atoms with Gasteiger partial charge in [-0.3, -0.25) is 4.72 Å². The summed E-state index contributed by atoms with van der Waals surface area (Å²) in [5.41, 5.74) is 5.80. The third-order valence-corrected chi connectivity index (χ3v) is 6.59. The van der Waals surface area contributed by atoms with Gasteiger partial charge in [-0.05, 0) is 81.9 Å². The molecule has 1 aliphatic carbocycles. The Labute approximate surface area is 155 Å². The second-order valence-electron chi connectivity index (χ2n) is 7.14. The molecule has 26 heavy (non-hydrogen) atoms. The minimum atomic E-state index is -3.82. The summed E-state index contributed by atoms with van der Waals surface area (Å²) in [7, 11) is -3.82. The molecule has 0 heterocycles. The average Bonchev–Trinajstić information content (AvgIpc) is 2.91. The Hall–Kier alpha value is -2.14. The van der Waals surface area contributed by atoms with E-state index in [2.05, 4.69) is 11.6 Å². The lowest BCUT2D eigenvalue weighted by atomic mass is 10.0. The maximum absolute atomic E-state index is 13.9. The maximum atomic E-state index is 13.9. The highest BCUT2D eigenvalue weighted by Crippen LogP contribution is 2.38. The molecule has 0 fully saturated rings. The van der Waals surface area contributed by atoms with Gasteiger partial charge in [-0.25, -0.2) is 12.8 Å². The molecule has 2 aromatic rings. The number of sulfonamides is 1. The highest BCUT2D eigenvalue weighted by molar-refractivity contribution is 7.92. The van der Waals surface area contributed by atoms with Crippen LogP contribution >= 0.6 is 0 Å². The smallest absolute Gasteiger partial charge is 0.262 e. The lowest BCUT2D eigenvalue weighted by Crippen LogP contribution is -2.17. The third-order valence-electron chi connectivity index (χ3n) is 4.92. The second kappa shape index (κ2) is 6.88. The van der Waals surface area contributed by atoms with Crippen LogP contribution in [0.2, 0.25) is 0 Å². The van der Waals surface area contributed by atoms with Gasteiger partial charge < -0.3 is 0 Å². The number of nitrogens with one attached hydrogen (secondary N) is 1. The summed E-state index contributed by atoms with van der Waals surface area (Å²) in [6.07, 6.45) is 2.92. The SMILES string of the molecule is CC1=C(c2ccc(F)cc2NS(=O)(=O)c2c(C)cc(C)cc2C)CCC1. The number of hydrogen-bond acceptors (Lipinski definition) is 2. The summed E-state index contributed by atoms with van der Waals surface area (Å²) < 4.78 is 42.6. The summed E-state index contributed by atoms with van der Waals surface area (Å²) >= 11 is 0. The summed E-state index contributed by atoms with van der Waals surface area (Å²) in [5, 5.41) is 0. The number of anilines is 1. The molecular weight excluding hydrogens is 349 g/mol. The minimum absolute atomic E-state index is 0.260. The molecule has 0 radical (unpaired) electrons. The standard InChI is InChI=1S/C21H24FNO2S/c1-13-10-15(3)21(16(4)11-13)26(24,25)23-20-12-17(22)8-9-19(20)18-7-5-6-14(18)2/h8-12,23H,5-7H2,1-4H3. The lowest BCUT2D eigenvalue weighted by molar-refractivity contribution is 0.600. The number of hydrogen-bond donors (Lipinski definition) is 1. The first kappa shape index (κ1) is 18.6. The summed E-state index contributed by atoms with van der Waals surface area (Å²) in [5.74, 6) is -0.458. The van der Waals surface area contributed by atoms with E-state index in [-0.39, 0.29) is 4.90 Å².